The van der Waals surface area contributed by atoms with Gasteiger partial charge in [0.05, 0.1) is 21.6 Å². The van der Waals surface area contributed by atoms with Crippen molar-refractivity contribution in [1.29, 1.82) is 0 Å². The van der Waals surface area contributed by atoms with E-state index in [2.05, 4.69) is 41.9 Å². The van der Waals surface area contributed by atoms with Gasteiger partial charge in [-0.1, -0.05) is 36.3 Å². The zero-order chi connectivity index (χ0) is 39.4. The third kappa shape index (κ3) is 11.8. The number of nitrogens with one attached hydrogen (secondary N) is 6. The number of hydrogen-bond donors (Lipinski definition) is 7. The van der Waals surface area contributed by atoms with Crippen LogP contribution in [0.5, 0.6) is 0 Å². The number of aliphatic hydroxyl groups is 1. The van der Waals surface area contributed by atoms with Crippen LogP contribution in [0.15, 0.2) is 54.7 Å². The van der Waals surface area contributed by atoms with E-state index in [1.807, 2.05) is 36.0 Å². The number of thioether (sulfide) groups is 1. The van der Waals surface area contributed by atoms with Crippen molar-refractivity contribution >= 4 is 67.8 Å². The van der Waals surface area contributed by atoms with Crippen LogP contribution >= 0.6 is 23.1 Å². The zero-order valence-corrected chi connectivity index (χ0v) is 33.0. The second kappa shape index (κ2) is 20.1. The van der Waals surface area contributed by atoms with Gasteiger partial charge in [-0.3, -0.25) is 34.8 Å². The summed E-state index contributed by atoms with van der Waals surface area (Å²) in [6.45, 7) is 2.46. The number of unbranched alkanes of at least 4 members (excludes halogenated alkanes) is 3. The Morgan fingerprint density at radius 3 is 2.46 bits per heavy atom. The van der Waals surface area contributed by atoms with Crippen LogP contribution in [-0.2, 0) is 20.8 Å². The van der Waals surface area contributed by atoms with Gasteiger partial charge in [0.2, 0.25) is 17.7 Å². The van der Waals surface area contributed by atoms with E-state index in [1.54, 1.807) is 12.3 Å². The topological polar surface area (TPSA) is 186 Å². The number of aliphatic hydroxyl groups excluding tert-OH is 1. The van der Waals surface area contributed by atoms with Crippen molar-refractivity contribution in [3.8, 4) is 11.1 Å². The van der Waals surface area contributed by atoms with Crippen molar-refractivity contribution in [3.05, 3.63) is 71.8 Å². The number of anilines is 2. The van der Waals surface area contributed by atoms with Crippen molar-refractivity contribution in [3.63, 3.8) is 0 Å². The zero-order valence-electron chi connectivity index (χ0n) is 31.4. The number of benzene rings is 2. The fraction of sp³-hybridized carbons (Fsp3) is 0.450. The molecule has 4 aromatic rings. The average molecular weight is 805 g/mol. The lowest BCUT2D eigenvalue weighted by atomic mass is 10.0. The normalized spacial score (nSPS) is 18.8. The molecule has 2 aliphatic heterocycles. The van der Waals surface area contributed by atoms with E-state index >= 15 is 0 Å². The number of hydrogen-bond acceptors (Lipinski definition) is 11. The van der Waals surface area contributed by atoms with Gasteiger partial charge < -0.3 is 26.4 Å². The lowest BCUT2D eigenvalue weighted by Crippen LogP contribution is -2.38. The second-order valence-corrected chi connectivity index (χ2v) is 16.5. The summed E-state index contributed by atoms with van der Waals surface area (Å²) < 4.78 is 14.8. The van der Waals surface area contributed by atoms with Gasteiger partial charge in [-0.15, -0.1) is 0 Å². The molecule has 7 N–H and O–H groups in total. The van der Waals surface area contributed by atoms with Crippen LogP contribution in [0, 0.1) is 5.82 Å². The van der Waals surface area contributed by atoms with Crippen molar-refractivity contribution in [2.24, 2.45) is 0 Å². The van der Waals surface area contributed by atoms with Crippen LogP contribution in [0.2, 0.25) is 0 Å². The van der Waals surface area contributed by atoms with E-state index in [0.717, 1.165) is 65.6 Å². The third-order valence-corrected chi connectivity index (χ3v) is 12.3. The summed E-state index contributed by atoms with van der Waals surface area (Å²) >= 11 is 3.29. The van der Waals surface area contributed by atoms with Gasteiger partial charge in [-0.05, 0) is 80.5 Å². The van der Waals surface area contributed by atoms with E-state index in [0.29, 0.717) is 72.6 Å². The number of aromatic nitrogens is 2. The van der Waals surface area contributed by atoms with Gasteiger partial charge in [0.15, 0.2) is 11.5 Å². The van der Waals surface area contributed by atoms with E-state index in [1.165, 1.54) is 36.5 Å². The number of fused-ring (bicyclic) bond motifs is 2. The second-order valence-electron chi connectivity index (χ2n) is 14.2. The summed E-state index contributed by atoms with van der Waals surface area (Å²) in [5.74, 6) is -0.159. The molecule has 1 unspecified atom stereocenters. The Hall–Kier alpha value is -4.48. The van der Waals surface area contributed by atoms with Crippen molar-refractivity contribution in [2.75, 3.05) is 29.5 Å². The Bertz CT molecular complexity index is 2010. The molecule has 4 amide bonds. The Kier molecular flexibility index (Phi) is 14.8. The highest BCUT2D eigenvalue weighted by Gasteiger charge is 2.42. The SMILES string of the molecule is CC(=O)Nc1nc2ccc(-c3cnc(CCCNC(=O)CCCCCNC(=O)CCCC[C@H]4SC[C@H]5NC(O)N[C@H]54)c(NC(=O)c4cccc(F)c4)c3)cc2s1. The monoisotopic (exact) mass is 804 g/mol. The quantitative estimate of drug-likeness (QED) is 0.0613. The largest absolute Gasteiger partial charge is 0.365 e. The predicted octanol–water partition coefficient (Wildman–Crippen LogP) is 5.32. The molecule has 56 heavy (non-hydrogen) atoms. The first kappa shape index (κ1) is 41.2. The molecule has 0 aliphatic carbocycles. The highest BCUT2D eigenvalue weighted by molar-refractivity contribution is 8.00. The maximum Gasteiger partial charge on any atom is 0.255 e. The Morgan fingerprint density at radius 2 is 1.68 bits per heavy atom. The van der Waals surface area contributed by atoms with Crippen LogP contribution in [0.25, 0.3) is 21.3 Å². The van der Waals surface area contributed by atoms with Gasteiger partial charge in [0, 0.05) is 73.3 Å². The molecule has 298 valence electrons. The van der Waals surface area contributed by atoms with Gasteiger partial charge >= 0.3 is 0 Å². The van der Waals surface area contributed by atoms with Crippen molar-refractivity contribution in [2.45, 2.75) is 94.8 Å². The van der Waals surface area contributed by atoms with E-state index in [-0.39, 0.29) is 23.3 Å². The molecule has 2 aromatic heterocycles. The number of halogens is 1. The molecule has 4 heterocycles. The Balaban J connectivity index is 0.909. The van der Waals surface area contributed by atoms with Crippen LogP contribution in [-0.4, -0.2) is 81.2 Å². The third-order valence-electron chi connectivity index (χ3n) is 9.81. The maximum atomic E-state index is 13.9. The molecule has 0 spiro atoms. The number of carbonyl (C=O) groups excluding carboxylic acids is 4. The Morgan fingerprint density at radius 1 is 0.893 bits per heavy atom. The molecule has 6 rings (SSSR count). The molecule has 2 fully saturated rings. The fourth-order valence-corrected chi connectivity index (χ4v) is 9.48. The van der Waals surface area contributed by atoms with Crippen LogP contribution in [0.3, 0.4) is 0 Å². The molecule has 13 nitrogen and oxygen atoms in total. The number of thiazole rings is 1. The van der Waals surface area contributed by atoms with E-state index in [9.17, 15) is 28.7 Å². The highest BCUT2D eigenvalue weighted by Crippen LogP contribution is 2.34. The predicted molar refractivity (Wildman–Crippen MR) is 219 cm³/mol. The summed E-state index contributed by atoms with van der Waals surface area (Å²) in [4.78, 5) is 58.6. The summed E-state index contributed by atoms with van der Waals surface area (Å²) in [6, 6.07) is 13.6. The summed E-state index contributed by atoms with van der Waals surface area (Å²) in [5, 5.41) is 28.6. The number of pyridine rings is 1. The number of rotatable bonds is 19. The van der Waals surface area contributed by atoms with E-state index < -0.39 is 18.1 Å². The van der Waals surface area contributed by atoms with Gasteiger partial charge in [-0.2, -0.15) is 11.8 Å². The number of carbonyl (C=O) groups is 4. The first-order valence-corrected chi connectivity index (χ1v) is 21.1. The molecule has 4 atom stereocenters. The summed E-state index contributed by atoms with van der Waals surface area (Å²) in [5.41, 5.74) is 3.64. The first-order chi connectivity index (χ1) is 27.1. The van der Waals surface area contributed by atoms with Crippen molar-refractivity contribution < 1.29 is 28.7 Å². The van der Waals surface area contributed by atoms with Gasteiger partial charge in [-0.25, -0.2) is 9.37 Å². The molecule has 2 aromatic carbocycles. The van der Waals surface area contributed by atoms with E-state index in [4.69, 9.17) is 0 Å². The summed E-state index contributed by atoms with van der Waals surface area (Å²) in [7, 11) is 0. The van der Waals surface area contributed by atoms with Crippen molar-refractivity contribution in [1.82, 2.24) is 31.2 Å². The number of aryl methyl sites for hydroxylation is 1. The molecule has 0 bridgehead atoms. The minimum Gasteiger partial charge on any atom is -0.365 e. The van der Waals surface area contributed by atoms with Crippen LogP contribution in [0.1, 0.15) is 80.8 Å². The molecule has 2 aliphatic rings. The van der Waals surface area contributed by atoms with Gasteiger partial charge in [0.25, 0.3) is 5.91 Å². The lowest BCUT2D eigenvalue weighted by molar-refractivity contribution is -0.122. The molecule has 0 radical (unpaired) electrons. The lowest BCUT2D eigenvalue weighted by Gasteiger charge is -2.17. The summed E-state index contributed by atoms with van der Waals surface area (Å²) in [6.07, 6.45) is 8.31. The Labute approximate surface area is 333 Å². The number of amides is 4. The fourth-order valence-electron chi connectivity index (χ4n) is 6.96. The average Bonchev–Trinajstić information content (AvgIpc) is 3.86. The maximum absolute atomic E-state index is 13.9. The number of nitrogens with zero attached hydrogens (tertiary/aromatic N) is 2. The minimum absolute atomic E-state index is 0.0399. The van der Waals surface area contributed by atoms with Crippen LogP contribution in [0.4, 0.5) is 15.2 Å². The highest BCUT2D eigenvalue weighted by atomic mass is 32.2. The van der Waals surface area contributed by atoms with Crippen LogP contribution < -0.4 is 31.9 Å². The molecular formula is C40H49FN8O5S2. The molecular weight excluding hydrogens is 756 g/mol. The minimum atomic E-state index is -0.617. The molecule has 16 heteroatoms. The first-order valence-electron chi connectivity index (χ1n) is 19.2. The van der Waals surface area contributed by atoms with Gasteiger partial charge in [0.1, 0.15) is 5.82 Å². The standard InChI is InChI=1S/C40H49FN8O5S2/c1-24(50)45-40-48-30-16-15-25(21-34(30)56-40)27-20-31(46-38(53)26-9-7-10-28(41)19-26)29(44-22-27)11-8-18-43-35(51)13-3-2-6-17-42-36(52)14-5-4-12-33-37-32(23-55-33)47-39(54)49-37/h7,9-10,15-16,19-22,32-33,37,39,47,49,54H,2-6,8,11-14,17-18,23H2,1H3,(H,42,52)(H,43,51)(H,46,53)(H,45,48,50)/t32-,33-,37-,39?/m1/s1. The smallest absolute Gasteiger partial charge is 0.255 e. The molecule has 0 saturated carbocycles. The molecule has 2 saturated heterocycles.